The predicted octanol–water partition coefficient (Wildman–Crippen LogP) is 2.77. The molecule has 3 aromatic rings. The third-order valence-corrected chi connectivity index (χ3v) is 6.77. The number of sulfonamides is 1. The van der Waals surface area contributed by atoms with Gasteiger partial charge in [0, 0.05) is 31.1 Å². The molecule has 3 unspecified atom stereocenters. The van der Waals surface area contributed by atoms with Crippen molar-refractivity contribution in [3.05, 3.63) is 36.4 Å². The lowest BCUT2D eigenvalue weighted by atomic mass is 9.80. The van der Waals surface area contributed by atoms with Crippen molar-refractivity contribution < 1.29 is 26.0 Å². The first-order valence-electron chi connectivity index (χ1n) is 10.4. The van der Waals surface area contributed by atoms with Gasteiger partial charge in [-0.25, -0.2) is 50.2 Å². The quantitative estimate of drug-likeness (QED) is 0.518. The van der Waals surface area contributed by atoms with Crippen LogP contribution in [0.3, 0.4) is 0 Å². The number of fused-ring (bicyclic) bond motifs is 1. The van der Waals surface area contributed by atoms with Crippen molar-refractivity contribution in [2.45, 2.75) is 32.2 Å². The molecule has 9 nitrogen and oxygen atoms in total. The van der Waals surface area contributed by atoms with Gasteiger partial charge in [0.25, 0.3) is 12.3 Å². The molecule has 0 aromatic carbocycles. The van der Waals surface area contributed by atoms with Crippen LogP contribution in [0.4, 0.5) is 23.4 Å². The molecule has 4 heterocycles. The standard InChI is InChI=1S/C20H23F4N7O2S/c1-11-9-30(12(2)13(20(11,23)24)7-28-34(3,32)33)18-6-15(26-10-27-18)16-8-25-17-5-4-14(19(21)22)29-31(16)17/h4-6,8,10-13,19,28H,7,9H2,1-3H3. The molecule has 1 aliphatic heterocycles. The maximum atomic E-state index is 15.0. The summed E-state index contributed by atoms with van der Waals surface area (Å²) in [6.45, 7) is 2.52. The summed E-state index contributed by atoms with van der Waals surface area (Å²) in [6, 6.07) is 3.38. The minimum Gasteiger partial charge on any atom is -0.353 e. The van der Waals surface area contributed by atoms with Gasteiger partial charge in [0.05, 0.1) is 24.1 Å². The minimum absolute atomic E-state index is 0.0269. The first-order valence-corrected chi connectivity index (χ1v) is 12.3. The number of hydrogen-bond donors (Lipinski definition) is 1. The molecule has 0 spiro atoms. The largest absolute Gasteiger partial charge is 0.353 e. The van der Waals surface area contributed by atoms with E-state index in [1.54, 1.807) is 17.9 Å². The first-order chi connectivity index (χ1) is 15.9. The van der Waals surface area contributed by atoms with Gasteiger partial charge in [0.15, 0.2) is 5.65 Å². The highest BCUT2D eigenvalue weighted by molar-refractivity contribution is 7.88. The van der Waals surface area contributed by atoms with Gasteiger partial charge in [-0.3, -0.25) is 0 Å². The van der Waals surface area contributed by atoms with E-state index in [0.29, 0.717) is 22.9 Å². The summed E-state index contributed by atoms with van der Waals surface area (Å²) in [4.78, 5) is 14.3. The minimum atomic E-state index is -3.66. The van der Waals surface area contributed by atoms with Crippen LogP contribution in [-0.4, -0.2) is 64.3 Å². The van der Waals surface area contributed by atoms with Crippen LogP contribution in [-0.2, 0) is 10.0 Å². The molecule has 1 N–H and O–H groups in total. The number of alkyl halides is 4. The highest BCUT2D eigenvalue weighted by Crippen LogP contribution is 2.42. The zero-order valence-corrected chi connectivity index (χ0v) is 19.3. The van der Waals surface area contributed by atoms with Crippen LogP contribution < -0.4 is 9.62 Å². The van der Waals surface area contributed by atoms with E-state index < -0.39 is 52.5 Å². The highest BCUT2D eigenvalue weighted by atomic mass is 32.2. The Balaban J connectivity index is 1.70. The molecule has 4 rings (SSSR count). The Kier molecular flexibility index (Phi) is 6.23. The molecule has 0 radical (unpaired) electrons. The average molecular weight is 502 g/mol. The molecule has 34 heavy (non-hydrogen) atoms. The molecule has 3 atom stereocenters. The second-order valence-corrected chi connectivity index (χ2v) is 10.3. The topological polar surface area (TPSA) is 105 Å². The Morgan fingerprint density at radius 2 is 1.94 bits per heavy atom. The number of rotatable bonds is 6. The Bertz CT molecular complexity index is 1300. The van der Waals surface area contributed by atoms with E-state index in [2.05, 4.69) is 24.8 Å². The Morgan fingerprint density at radius 1 is 1.21 bits per heavy atom. The summed E-state index contributed by atoms with van der Waals surface area (Å²) in [7, 11) is -3.66. The van der Waals surface area contributed by atoms with Crippen LogP contribution in [0, 0.1) is 11.8 Å². The van der Waals surface area contributed by atoms with Crippen molar-refractivity contribution in [2.75, 3.05) is 24.2 Å². The fourth-order valence-corrected chi connectivity index (χ4v) is 4.64. The number of hydrogen-bond acceptors (Lipinski definition) is 7. The van der Waals surface area contributed by atoms with Crippen molar-refractivity contribution in [3.63, 3.8) is 0 Å². The van der Waals surface area contributed by atoms with Crippen LogP contribution in [0.2, 0.25) is 0 Å². The summed E-state index contributed by atoms with van der Waals surface area (Å²) in [6.07, 6.45) is 0.823. The number of piperidine rings is 1. The van der Waals surface area contributed by atoms with Crippen LogP contribution >= 0.6 is 0 Å². The number of imidazole rings is 1. The summed E-state index contributed by atoms with van der Waals surface area (Å²) in [5.74, 6) is -5.17. The summed E-state index contributed by atoms with van der Waals surface area (Å²) < 4.78 is 82.7. The highest BCUT2D eigenvalue weighted by Gasteiger charge is 2.53. The molecule has 0 aliphatic carbocycles. The van der Waals surface area contributed by atoms with Gasteiger partial charge >= 0.3 is 0 Å². The third kappa shape index (κ3) is 4.56. The molecule has 0 amide bonds. The summed E-state index contributed by atoms with van der Waals surface area (Å²) >= 11 is 0. The van der Waals surface area contributed by atoms with Gasteiger partial charge < -0.3 is 4.90 Å². The Morgan fingerprint density at radius 3 is 2.62 bits per heavy atom. The van der Waals surface area contributed by atoms with E-state index in [1.165, 1.54) is 36.1 Å². The Labute approximate surface area is 193 Å². The fraction of sp³-hybridized carbons (Fsp3) is 0.500. The van der Waals surface area contributed by atoms with E-state index in [4.69, 9.17) is 0 Å². The lowest BCUT2D eigenvalue weighted by molar-refractivity contribution is -0.120. The molecule has 14 heteroatoms. The van der Waals surface area contributed by atoms with Gasteiger partial charge in [-0.15, -0.1) is 0 Å². The van der Waals surface area contributed by atoms with Gasteiger partial charge in [0.1, 0.15) is 23.5 Å². The zero-order valence-electron chi connectivity index (χ0n) is 18.5. The normalized spacial score (nSPS) is 23.1. The van der Waals surface area contributed by atoms with E-state index >= 15 is 0 Å². The van der Waals surface area contributed by atoms with Gasteiger partial charge in [-0.05, 0) is 19.1 Å². The summed E-state index contributed by atoms with van der Waals surface area (Å²) in [5.41, 5.74) is 0.563. The lowest BCUT2D eigenvalue weighted by Crippen LogP contribution is -2.60. The predicted molar refractivity (Wildman–Crippen MR) is 116 cm³/mol. The van der Waals surface area contributed by atoms with E-state index in [0.717, 1.165) is 6.26 Å². The van der Waals surface area contributed by atoms with Crippen LogP contribution in [0.15, 0.2) is 30.7 Å². The third-order valence-electron chi connectivity index (χ3n) is 6.08. The van der Waals surface area contributed by atoms with Crippen molar-refractivity contribution in [1.82, 2.24) is 29.3 Å². The molecule has 0 bridgehead atoms. The molecule has 3 aromatic heterocycles. The van der Waals surface area contributed by atoms with Crippen LogP contribution in [0.25, 0.3) is 17.0 Å². The molecule has 1 fully saturated rings. The lowest BCUT2D eigenvalue weighted by Gasteiger charge is -2.47. The maximum absolute atomic E-state index is 15.0. The number of nitrogens with zero attached hydrogens (tertiary/aromatic N) is 6. The number of nitrogens with one attached hydrogen (secondary N) is 1. The van der Waals surface area contributed by atoms with Crippen LogP contribution in [0.1, 0.15) is 26.0 Å². The van der Waals surface area contributed by atoms with E-state index in [1.807, 2.05) is 0 Å². The SMILES string of the molecule is CC1C(CNS(C)(=O)=O)C(F)(F)C(C)CN1c1cc(-c2cnc3ccc(C(F)F)nn23)ncn1. The van der Waals surface area contributed by atoms with E-state index in [9.17, 15) is 26.0 Å². The number of aromatic nitrogens is 5. The van der Waals surface area contributed by atoms with Gasteiger partial charge in [0.2, 0.25) is 10.0 Å². The average Bonchev–Trinajstić information content (AvgIpc) is 3.18. The second kappa shape index (κ2) is 8.73. The number of anilines is 1. The van der Waals surface area contributed by atoms with Gasteiger partial charge in [-0.2, -0.15) is 5.10 Å². The fourth-order valence-electron chi connectivity index (χ4n) is 4.16. The molecular weight excluding hydrogens is 478 g/mol. The van der Waals surface area contributed by atoms with Crippen molar-refractivity contribution in [2.24, 2.45) is 11.8 Å². The maximum Gasteiger partial charge on any atom is 0.282 e. The molecule has 1 aliphatic rings. The van der Waals surface area contributed by atoms with Crippen molar-refractivity contribution in [1.29, 1.82) is 0 Å². The molecular formula is C20H23F4N7O2S. The monoisotopic (exact) mass is 501 g/mol. The summed E-state index contributed by atoms with van der Waals surface area (Å²) in [5, 5.41) is 3.92. The molecule has 0 saturated carbocycles. The second-order valence-electron chi connectivity index (χ2n) is 8.43. The smallest absolute Gasteiger partial charge is 0.282 e. The molecule has 184 valence electrons. The van der Waals surface area contributed by atoms with E-state index in [-0.39, 0.29) is 6.54 Å². The number of halogens is 4. The van der Waals surface area contributed by atoms with Crippen LogP contribution in [0.5, 0.6) is 0 Å². The van der Waals surface area contributed by atoms with Crippen molar-refractivity contribution in [3.8, 4) is 11.4 Å². The van der Waals surface area contributed by atoms with Gasteiger partial charge in [-0.1, -0.05) is 6.92 Å². The Hall–Kier alpha value is -2.87. The first kappa shape index (κ1) is 24.3. The zero-order chi connectivity index (χ0) is 24.8. The van der Waals surface area contributed by atoms with Crippen molar-refractivity contribution >= 4 is 21.5 Å². The molecule has 1 saturated heterocycles.